The molecule has 1 unspecified atom stereocenters. The van der Waals surface area contributed by atoms with Crippen molar-refractivity contribution in [1.29, 1.82) is 0 Å². The Bertz CT molecular complexity index is 1170. The highest BCUT2D eigenvalue weighted by Crippen LogP contribution is 2.25. The van der Waals surface area contributed by atoms with Crippen molar-refractivity contribution >= 4 is 38.9 Å². The monoisotopic (exact) mass is 474 g/mol. The number of para-hydroxylation sites is 1. The van der Waals surface area contributed by atoms with E-state index in [2.05, 4.69) is 10.0 Å². The van der Waals surface area contributed by atoms with Crippen LogP contribution in [0.1, 0.15) is 13.3 Å². The summed E-state index contributed by atoms with van der Waals surface area (Å²) in [7, 11) is -2.25. The van der Waals surface area contributed by atoms with Crippen LogP contribution < -0.4 is 19.5 Å². The second kappa shape index (κ2) is 10.4. The van der Waals surface area contributed by atoms with Gasteiger partial charge in [-0.2, -0.15) is 0 Å². The van der Waals surface area contributed by atoms with Gasteiger partial charge in [0.2, 0.25) is 0 Å². The number of methoxy groups -OCH3 is 1. The quantitative estimate of drug-likeness (QED) is 0.458. The van der Waals surface area contributed by atoms with Gasteiger partial charge in [-0.05, 0) is 67.1 Å². The Morgan fingerprint density at radius 1 is 0.969 bits per heavy atom. The van der Waals surface area contributed by atoms with Gasteiger partial charge in [0.25, 0.3) is 15.9 Å². The third-order valence-corrected chi connectivity index (χ3v) is 6.25. The minimum absolute atomic E-state index is 0.0608. The van der Waals surface area contributed by atoms with Gasteiger partial charge in [-0.25, -0.2) is 8.42 Å². The summed E-state index contributed by atoms with van der Waals surface area (Å²) in [5.41, 5.74) is 0.852. The molecule has 3 aromatic carbocycles. The van der Waals surface area contributed by atoms with Crippen LogP contribution in [0.4, 0.5) is 11.4 Å². The number of benzene rings is 3. The van der Waals surface area contributed by atoms with E-state index in [0.29, 0.717) is 34.3 Å². The first-order chi connectivity index (χ1) is 15.3. The maximum absolute atomic E-state index is 12.6. The maximum atomic E-state index is 12.6. The SMILES string of the molecule is CCC(Oc1ccccc1Cl)C(=O)Nc1ccc(S(=O)(=O)Nc2ccc(OC)cc2)cc1. The van der Waals surface area contributed by atoms with Gasteiger partial charge < -0.3 is 14.8 Å². The van der Waals surface area contributed by atoms with E-state index in [0.717, 1.165) is 0 Å². The van der Waals surface area contributed by atoms with Crippen LogP contribution in [-0.2, 0) is 14.8 Å². The van der Waals surface area contributed by atoms with Crippen molar-refractivity contribution in [1.82, 2.24) is 0 Å². The Hall–Kier alpha value is -3.23. The largest absolute Gasteiger partial charge is 0.497 e. The molecular formula is C23H23ClN2O5S. The number of ether oxygens (including phenoxy) is 2. The van der Waals surface area contributed by atoms with E-state index in [-0.39, 0.29) is 10.8 Å². The molecule has 0 aliphatic rings. The average Bonchev–Trinajstić information content (AvgIpc) is 2.79. The van der Waals surface area contributed by atoms with Gasteiger partial charge in [0.1, 0.15) is 11.5 Å². The van der Waals surface area contributed by atoms with Crippen molar-refractivity contribution in [2.45, 2.75) is 24.3 Å². The summed E-state index contributed by atoms with van der Waals surface area (Å²) < 4.78 is 38.5. The third kappa shape index (κ3) is 5.93. The van der Waals surface area contributed by atoms with Gasteiger partial charge >= 0.3 is 0 Å². The van der Waals surface area contributed by atoms with Crippen LogP contribution in [0.2, 0.25) is 5.02 Å². The molecule has 0 radical (unpaired) electrons. The van der Waals surface area contributed by atoms with Crippen molar-refractivity contribution in [2.75, 3.05) is 17.1 Å². The molecule has 0 aliphatic heterocycles. The van der Waals surface area contributed by atoms with E-state index in [1.165, 1.54) is 31.4 Å². The molecular weight excluding hydrogens is 452 g/mol. The second-order valence-corrected chi connectivity index (χ2v) is 8.88. The van der Waals surface area contributed by atoms with Crippen LogP contribution in [0, 0.1) is 0 Å². The zero-order valence-corrected chi connectivity index (χ0v) is 19.1. The molecule has 1 amide bonds. The van der Waals surface area contributed by atoms with E-state index in [9.17, 15) is 13.2 Å². The first kappa shape index (κ1) is 23.4. The Kier molecular flexibility index (Phi) is 7.61. The third-order valence-electron chi connectivity index (χ3n) is 4.54. The normalized spacial score (nSPS) is 12.0. The summed E-state index contributed by atoms with van der Waals surface area (Å²) in [4.78, 5) is 12.7. The molecule has 0 spiro atoms. The molecule has 0 heterocycles. The van der Waals surface area contributed by atoms with Crippen molar-refractivity contribution in [3.8, 4) is 11.5 Å². The highest BCUT2D eigenvalue weighted by atomic mass is 35.5. The molecule has 2 N–H and O–H groups in total. The topological polar surface area (TPSA) is 93.7 Å². The van der Waals surface area contributed by atoms with Gasteiger partial charge in [-0.1, -0.05) is 30.7 Å². The number of hydrogen-bond donors (Lipinski definition) is 2. The van der Waals surface area contributed by atoms with Crippen LogP contribution >= 0.6 is 11.6 Å². The van der Waals surface area contributed by atoms with Gasteiger partial charge in [0.05, 0.1) is 17.0 Å². The van der Waals surface area contributed by atoms with Crippen LogP contribution in [-0.4, -0.2) is 27.5 Å². The molecule has 1 atom stereocenters. The molecule has 0 bridgehead atoms. The number of halogens is 1. The highest BCUT2D eigenvalue weighted by Gasteiger charge is 2.20. The molecule has 0 aliphatic carbocycles. The van der Waals surface area contributed by atoms with Crippen molar-refractivity contribution < 1.29 is 22.7 Å². The molecule has 3 rings (SSSR count). The van der Waals surface area contributed by atoms with Crippen molar-refractivity contribution in [3.63, 3.8) is 0 Å². The fourth-order valence-electron chi connectivity index (χ4n) is 2.83. The number of rotatable bonds is 9. The van der Waals surface area contributed by atoms with E-state index >= 15 is 0 Å². The number of carbonyl (C=O) groups is 1. The lowest BCUT2D eigenvalue weighted by Crippen LogP contribution is -2.32. The Morgan fingerprint density at radius 3 is 2.19 bits per heavy atom. The number of sulfonamides is 1. The Labute approximate surface area is 192 Å². The second-order valence-electron chi connectivity index (χ2n) is 6.79. The van der Waals surface area contributed by atoms with E-state index in [1.807, 2.05) is 6.92 Å². The summed E-state index contributed by atoms with van der Waals surface area (Å²) in [6.07, 6.45) is -0.329. The minimum atomic E-state index is -3.79. The summed E-state index contributed by atoms with van der Waals surface area (Å²) in [6.45, 7) is 1.82. The first-order valence-electron chi connectivity index (χ1n) is 9.81. The van der Waals surface area contributed by atoms with Gasteiger partial charge in [-0.15, -0.1) is 0 Å². The van der Waals surface area contributed by atoms with Crippen LogP contribution in [0.25, 0.3) is 0 Å². The lowest BCUT2D eigenvalue weighted by atomic mass is 10.2. The smallest absolute Gasteiger partial charge is 0.265 e. The Morgan fingerprint density at radius 2 is 1.59 bits per heavy atom. The summed E-state index contributed by atoms with van der Waals surface area (Å²) >= 11 is 6.10. The molecule has 32 heavy (non-hydrogen) atoms. The van der Waals surface area contributed by atoms with Crippen LogP contribution in [0.15, 0.2) is 77.7 Å². The lowest BCUT2D eigenvalue weighted by molar-refractivity contribution is -0.122. The fraction of sp³-hybridized carbons (Fsp3) is 0.174. The van der Waals surface area contributed by atoms with Gasteiger partial charge in [-0.3, -0.25) is 9.52 Å². The molecule has 0 aromatic heterocycles. The highest BCUT2D eigenvalue weighted by molar-refractivity contribution is 7.92. The molecule has 3 aromatic rings. The summed E-state index contributed by atoms with van der Waals surface area (Å²) in [5, 5.41) is 3.15. The van der Waals surface area contributed by atoms with E-state index in [4.69, 9.17) is 21.1 Å². The Balaban J connectivity index is 1.66. The number of hydrogen-bond acceptors (Lipinski definition) is 5. The molecule has 7 nitrogen and oxygen atoms in total. The molecule has 0 saturated heterocycles. The summed E-state index contributed by atoms with van der Waals surface area (Å²) in [6, 6.07) is 19.3. The molecule has 0 fully saturated rings. The lowest BCUT2D eigenvalue weighted by Gasteiger charge is -2.18. The van der Waals surface area contributed by atoms with Crippen LogP contribution in [0.3, 0.4) is 0 Å². The molecule has 168 valence electrons. The molecule has 0 saturated carbocycles. The van der Waals surface area contributed by atoms with E-state index < -0.39 is 16.1 Å². The average molecular weight is 475 g/mol. The maximum Gasteiger partial charge on any atom is 0.265 e. The fourth-order valence-corrected chi connectivity index (χ4v) is 4.07. The standard InChI is InChI=1S/C23H23ClN2O5S/c1-3-21(31-22-7-5-4-6-20(22)24)23(27)25-16-10-14-19(15-11-16)32(28,29)26-17-8-12-18(30-2)13-9-17/h4-15,21,26H,3H2,1-2H3,(H,25,27). The summed E-state index contributed by atoms with van der Waals surface area (Å²) in [5.74, 6) is 0.679. The number of nitrogens with one attached hydrogen (secondary N) is 2. The first-order valence-corrected chi connectivity index (χ1v) is 11.7. The number of anilines is 2. The van der Waals surface area contributed by atoms with Gasteiger partial charge in [0.15, 0.2) is 6.10 Å². The van der Waals surface area contributed by atoms with E-state index in [1.54, 1.807) is 48.5 Å². The van der Waals surface area contributed by atoms with Gasteiger partial charge in [0, 0.05) is 11.4 Å². The van der Waals surface area contributed by atoms with Crippen molar-refractivity contribution in [3.05, 3.63) is 77.8 Å². The van der Waals surface area contributed by atoms with Crippen LogP contribution in [0.5, 0.6) is 11.5 Å². The molecule has 9 heteroatoms. The zero-order valence-electron chi connectivity index (χ0n) is 17.5. The number of amides is 1. The predicted molar refractivity (Wildman–Crippen MR) is 125 cm³/mol. The predicted octanol–water partition coefficient (Wildman–Crippen LogP) is 4.95. The minimum Gasteiger partial charge on any atom is -0.497 e. The zero-order chi connectivity index (χ0) is 23.1. The number of carbonyl (C=O) groups excluding carboxylic acids is 1. The van der Waals surface area contributed by atoms with Crippen molar-refractivity contribution in [2.24, 2.45) is 0 Å².